The van der Waals surface area contributed by atoms with Gasteiger partial charge in [-0.2, -0.15) is 5.26 Å². The van der Waals surface area contributed by atoms with E-state index in [-0.39, 0.29) is 11.9 Å². The van der Waals surface area contributed by atoms with Gasteiger partial charge in [0.1, 0.15) is 5.92 Å². The number of nitrogens with one attached hydrogen (secondary N) is 1. The first-order chi connectivity index (χ1) is 6.15. The Balaban J connectivity index is 3.92. The van der Waals surface area contributed by atoms with Crippen molar-refractivity contribution in [3.05, 3.63) is 0 Å². The van der Waals surface area contributed by atoms with Crippen molar-refractivity contribution in [3.63, 3.8) is 0 Å². The predicted octanol–water partition coefficient (Wildman–Crippen LogP) is 0.687. The fourth-order valence-corrected chi connectivity index (χ4v) is 0.970. The van der Waals surface area contributed by atoms with Crippen molar-refractivity contribution < 1.29 is 9.53 Å². The zero-order valence-electron chi connectivity index (χ0n) is 8.33. The van der Waals surface area contributed by atoms with Crippen LogP contribution in [0.4, 0.5) is 0 Å². The lowest BCUT2D eigenvalue weighted by atomic mass is 10.1. The fourth-order valence-electron chi connectivity index (χ4n) is 0.970. The van der Waals surface area contributed by atoms with Gasteiger partial charge in [0.25, 0.3) is 0 Å². The lowest BCUT2D eigenvalue weighted by molar-refractivity contribution is -0.124. The van der Waals surface area contributed by atoms with Crippen molar-refractivity contribution in [1.82, 2.24) is 5.32 Å². The average molecular weight is 184 g/mol. The predicted molar refractivity (Wildman–Crippen MR) is 48.9 cm³/mol. The van der Waals surface area contributed by atoms with Crippen molar-refractivity contribution >= 4 is 5.91 Å². The van der Waals surface area contributed by atoms with E-state index in [9.17, 15) is 4.79 Å². The van der Waals surface area contributed by atoms with E-state index in [1.54, 1.807) is 7.11 Å². The summed E-state index contributed by atoms with van der Waals surface area (Å²) in [6, 6.07) is 1.90. The maximum absolute atomic E-state index is 11.3. The molecule has 0 aliphatic rings. The Morgan fingerprint density at radius 1 is 1.69 bits per heavy atom. The summed E-state index contributed by atoms with van der Waals surface area (Å²) < 4.78 is 4.85. The van der Waals surface area contributed by atoms with Gasteiger partial charge in [0.05, 0.1) is 12.7 Å². The maximum Gasteiger partial charge on any atom is 0.237 e. The second-order valence-electron chi connectivity index (χ2n) is 2.95. The van der Waals surface area contributed by atoms with E-state index in [0.29, 0.717) is 13.0 Å². The molecule has 2 atom stereocenters. The zero-order chi connectivity index (χ0) is 10.3. The molecule has 4 heteroatoms. The van der Waals surface area contributed by atoms with Crippen LogP contribution < -0.4 is 5.32 Å². The molecule has 13 heavy (non-hydrogen) atoms. The van der Waals surface area contributed by atoms with Crippen LogP contribution >= 0.6 is 0 Å². The van der Waals surface area contributed by atoms with E-state index in [4.69, 9.17) is 10.00 Å². The van der Waals surface area contributed by atoms with Gasteiger partial charge >= 0.3 is 0 Å². The number of rotatable bonds is 5. The molecule has 0 aromatic rings. The second kappa shape index (κ2) is 6.44. The zero-order valence-corrected chi connectivity index (χ0v) is 8.33. The summed E-state index contributed by atoms with van der Waals surface area (Å²) in [6.45, 7) is 4.12. The van der Waals surface area contributed by atoms with Crippen molar-refractivity contribution in [1.29, 1.82) is 5.26 Å². The molecule has 2 unspecified atom stereocenters. The van der Waals surface area contributed by atoms with Crippen LogP contribution in [0.3, 0.4) is 0 Å². The molecule has 0 saturated heterocycles. The first-order valence-electron chi connectivity index (χ1n) is 4.34. The summed E-state index contributed by atoms with van der Waals surface area (Å²) >= 11 is 0. The van der Waals surface area contributed by atoms with Crippen molar-refractivity contribution in [2.75, 3.05) is 13.7 Å². The van der Waals surface area contributed by atoms with E-state index in [0.717, 1.165) is 0 Å². The number of carbonyl (C=O) groups is 1. The van der Waals surface area contributed by atoms with Gasteiger partial charge in [-0.15, -0.1) is 0 Å². The van der Waals surface area contributed by atoms with Gasteiger partial charge in [-0.05, 0) is 13.3 Å². The molecule has 0 aromatic heterocycles. The largest absolute Gasteiger partial charge is 0.383 e. The minimum absolute atomic E-state index is 0.0418. The van der Waals surface area contributed by atoms with Crippen molar-refractivity contribution in [2.45, 2.75) is 26.3 Å². The molecule has 0 aliphatic carbocycles. The molecule has 0 radical (unpaired) electrons. The quantitative estimate of drug-likeness (QED) is 0.683. The Bertz CT molecular complexity index is 198. The normalized spacial score (nSPS) is 14.3. The van der Waals surface area contributed by atoms with E-state index in [1.807, 2.05) is 19.9 Å². The third-order valence-electron chi connectivity index (χ3n) is 1.69. The first kappa shape index (κ1) is 11.9. The van der Waals surface area contributed by atoms with Gasteiger partial charge in [0.15, 0.2) is 0 Å². The number of hydrogen-bond donors (Lipinski definition) is 1. The number of ether oxygens (including phenoxy) is 1. The monoisotopic (exact) mass is 184 g/mol. The standard InChI is InChI=1S/C9H16N2O2/c1-4-8(5-10)9(12)11-7(2)6-13-3/h7-8H,4,6H2,1-3H3,(H,11,12). The lowest BCUT2D eigenvalue weighted by Gasteiger charge is -2.14. The van der Waals surface area contributed by atoms with Crippen molar-refractivity contribution in [2.24, 2.45) is 5.92 Å². The van der Waals surface area contributed by atoms with E-state index in [1.165, 1.54) is 0 Å². The van der Waals surface area contributed by atoms with Gasteiger partial charge < -0.3 is 10.1 Å². The highest BCUT2D eigenvalue weighted by Crippen LogP contribution is 2.00. The molecule has 0 rings (SSSR count). The minimum atomic E-state index is -0.542. The topological polar surface area (TPSA) is 62.1 Å². The number of nitriles is 1. The molecule has 4 nitrogen and oxygen atoms in total. The second-order valence-corrected chi connectivity index (χ2v) is 2.95. The van der Waals surface area contributed by atoms with Crippen LogP contribution in [0.2, 0.25) is 0 Å². The summed E-state index contributed by atoms with van der Waals surface area (Å²) in [5, 5.41) is 11.3. The number of methoxy groups -OCH3 is 1. The molecule has 0 fully saturated rings. The smallest absolute Gasteiger partial charge is 0.237 e. The van der Waals surface area contributed by atoms with Crippen LogP contribution in [0.15, 0.2) is 0 Å². The van der Waals surface area contributed by atoms with Crippen molar-refractivity contribution in [3.8, 4) is 6.07 Å². The van der Waals surface area contributed by atoms with Crippen LogP contribution in [0.1, 0.15) is 20.3 Å². The van der Waals surface area contributed by atoms with E-state index in [2.05, 4.69) is 5.32 Å². The highest BCUT2D eigenvalue weighted by Gasteiger charge is 2.16. The molecule has 0 bridgehead atoms. The molecule has 74 valence electrons. The molecule has 0 aliphatic heterocycles. The number of nitrogens with zero attached hydrogens (tertiary/aromatic N) is 1. The molecule has 0 heterocycles. The summed E-state index contributed by atoms with van der Waals surface area (Å²) in [6.07, 6.45) is 0.544. The van der Waals surface area contributed by atoms with Crippen LogP contribution in [0.5, 0.6) is 0 Å². The summed E-state index contributed by atoms with van der Waals surface area (Å²) in [5.41, 5.74) is 0. The van der Waals surface area contributed by atoms with Gasteiger partial charge in [0, 0.05) is 13.2 Å². The number of hydrogen-bond acceptors (Lipinski definition) is 3. The maximum atomic E-state index is 11.3. The third kappa shape index (κ3) is 4.48. The summed E-state index contributed by atoms with van der Waals surface area (Å²) in [4.78, 5) is 11.3. The SMILES string of the molecule is CCC(C#N)C(=O)NC(C)COC. The molecule has 0 saturated carbocycles. The fraction of sp³-hybridized carbons (Fsp3) is 0.778. The Kier molecular flexibility index (Phi) is 5.90. The molecule has 0 spiro atoms. The summed E-state index contributed by atoms with van der Waals surface area (Å²) in [7, 11) is 1.57. The van der Waals surface area contributed by atoms with Crippen LogP contribution in [0, 0.1) is 17.2 Å². The van der Waals surface area contributed by atoms with E-state index < -0.39 is 5.92 Å². The Morgan fingerprint density at radius 3 is 2.69 bits per heavy atom. The third-order valence-corrected chi connectivity index (χ3v) is 1.69. The van der Waals surface area contributed by atoms with Gasteiger partial charge in [-0.25, -0.2) is 0 Å². The van der Waals surface area contributed by atoms with Crippen LogP contribution in [-0.2, 0) is 9.53 Å². The Labute approximate surface area is 78.9 Å². The number of carbonyl (C=O) groups excluding carboxylic acids is 1. The lowest BCUT2D eigenvalue weighted by Crippen LogP contribution is -2.39. The molecule has 1 amide bonds. The van der Waals surface area contributed by atoms with Gasteiger partial charge in [-0.3, -0.25) is 4.79 Å². The first-order valence-corrected chi connectivity index (χ1v) is 4.34. The molecular weight excluding hydrogens is 168 g/mol. The number of amides is 1. The molecular formula is C9H16N2O2. The highest BCUT2D eigenvalue weighted by atomic mass is 16.5. The highest BCUT2D eigenvalue weighted by molar-refractivity contribution is 5.81. The van der Waals surface area contributed by atoms with Gasteiger partial charge in [0.2, 0.25) is 5.91 Å². The molecule has 0 aromatic carbocycles. The molecule has 1 N–H and O–H groups in total. The van der Waals surface area contributed by atoms with Crippen LogP contribution in [-0.4, -0.2) is 25.7 Å². The average Bonchev–Trinajstić information content (AvgIpc) is 2.06. The van der Waals surface area contributed by atoms with Gasteiger partial charge in [-0.1, -0.05) is 6.92 Å². The van der Waals surface area contributed by atoms with E-state index >= 15 is 0 Å². The summed E-state index contributed by atoms with van der Waals surface area (Å²) in [5.74, 6) is -0.756. The Hall–Kier alpha value is -1.08. The Morgan fingerprint density at radius 2 is 2.31 bits per heavy atom. The van der Waals surface area contributed by atoms with Crippen LogP contribution in [0.25, 0.3) is 0 Å². The minimum Gasteiger partial charge on any atom is -0.383 e.